The maximum absolute atomic E-state index is 12.3. The molecule has 296 valence electrons. The molecule has 0 radical (unpaired) electrons. The molecular weight excluding hydrogens is 741 g/mol. The summed E-state index contributed by atoms with van der Waals surface area (Å²) in [4.78, 5) is 21.1. The van der Waals surface area contributed by atoms with Crippen molar-refractivity contribution in [3.63, 3.8) is 0 Å². The fraction of sp³-hybridized carbons (Fsp3) is 0.537. The Kier molecular flexibility index (Phi) is 12.7. The van der Waals surface area contributed by atoms with Crippen LogP contribution in [0.2, 0.25) is 0 Å². The third-order valence-corrected chi connectivity index (χ3v) is 13.8. The highest BCUT2D eigenvalue weighted by molar-refractivity contribution is 8.76. The zero-order chi connectivity index (χ0) is 38.4. The number of hydrogen-bond donors (Lipinski definition) is 5. The number of rotatable bonds is 7. The molecule has 3 aromatic rings. The summed E-state index contributed by atoms with van der Waals surface area (Å²) in [5, 5.41) is 36.2. The van der Waals surface area contributed by atoms with Crippen molar-refractivity contribution in [2.24, 2.45) is 22.6 Å². The Hall–Kier alpha value is -4.01. The minimum absolute atomic E-state index is 0.0225. The van der Waals surface area contributed by atoms with Crippen molar-refractivity contribution in [2.75, 3.05) is 24.7 Å². The zero-order valence-corrected chi connectivity index (χ0v) is 32.9. The summed E-state index contributed by atoms with van der Waals surface area (Å²) in [7, 11) is 3.61. The number of aliphatic imine (C=N–C) groups is 1. The van der Waals surface area contributed by atoms with E-state index >= 15 is 0 Å². The number of esters is 1. The average Bonchev–Trinajstić information content (AvgIpc) is 3.15. The normalized spacial score (nSPS) is 28.7. The molecule has 12 nitrogen and oxygen atoms in total. The van der Waals surface area contributed by atoms with Gasteiger partial charge in [0.1, 0.15) is 12.2 Å². The topological polar surface area (TPSA) is 178 Å². The van der Waals surface area contributed by atoms with Crippen molar-refractivity contribution in [1.82, 2.24) is 10.3 Å². The van der Waals surface area contributed by atoms with E-state index in [4.69, 9.17) is 24.7 Å². The number of phenols is 3. The molecule has 3 aliphatic heterocycles. The summed E-state index contributed by atoms with van der Waals surface area (Å²) < 4.78 is 25.4. The zero-order valence-electron chi connectivity index (χ0n) is 31.2. The molecule has 4 aliphatic rings. The quantitative estimate of drug-likeness (QED) is 0.0983. The first-order valence-corrected chi connectivity index (χ1v) is 21.8. The van der Waals surface area contributed by atoms with E-state index in [9.17, 15) is 20.1 Å². The highest BCUT2D eigenvalue weighted by Crippen LogP contribution is 2.46. The number of benzene rings is 2. The summed E-state index contributed by atoms with van der Waals surface area (Å²) in [6.07, 6.45) is 9.95. The molecule has 2 aromatic carbocycles. The molecule has 1 saturated carbocycles. The lowest BCUT2D eigenvalue weighted by Crippen LogP contribution is -2.58. The monoisotopic (exact) mass is 792 g/mol. The maximum Gasteiger partial charge on any atom is 0.302 e. The van der Waals surface area contributed by atoms with Gasteiger partial charge in [0, 0.05) is 63.1 Å². The number of carbonyl (C=O) groups is 1. The van der Waals surface area contributed by atoms with Gasteiger partial charge in [-0.1, -0.05) is 46.6 Å². The van der Waals surface area contributed by atoms with Crippen molar-refractivity contribution in [3.8, 4) is 28.7 Å². The first kappa shape index (κ1) is 39.2. The van der Waals surface area contributed by atoms with E-state index in [1.807, 2.05) is 35.1 Å². The van der Waals surface area contributed by atoms with E-state index in [1.165, 1.54) is 13.0 Å². The second-order valence-corrected chi connectivity index (χ2v) is 18.0. The van der Waals surface area contributed by atoms with Crippen LogP contribution in [-0.4, -0.2) is 80.7 Å². The highest BCUT2D eigenvalue weighted by Gasteiger charge is 2.43. The van der Waals surface area contributed by atoms with Gasteiger partial charge in [-0.3, -0.25) is 14.8 Å². The predicted molar refractivity (Wildman–Crippen MR) is 214 cm³/mol. The van der Waals surface area contributed by atoms with Crippen molar-refractivity contribution >= 4 is 33.5 Å². The smallest absolute Gasteiger partial charge is 0.302 e. The Bertz CT molecular complexity index is 1820. The van der Waals surface area contributed by atoms with Crippen LogP contribution in [0.25, 0.3) is 0 Å². The molecule has 5 bridgehead atoms. The molecule has 7 rings (SSSR count). The summed E-state index contributed by atoms with van der Waals surface area (Å²) >= 11 is 0. The van der Waals surface area contributed by atoms with Crippen LogP contribution < -0.4 is 20.5 Å². The number of aromatic nitrogens is 1. The van der Waals surface area contributed by atoms with Gasteiger partial charge in [0.2, 0.25) is 5.75 Å². The number of nitrogens with two attached hydrogens (primary N) is 1. The molecule has 55 heavy (non-hydrogen) atoms. The lowest BCUT2D eigenvalue weighted by atomic mass is 9.73. The SMILES string of the molecule is CC(=O)O[C@H]1C[C@@H](c2cc(O)c(O)c(OCCc3cccnc3)c2)O[C@@H]([C@H]2CSSC[C@@]34C[C@@H](CCCCN=C(N)N3)C[C@H](C4)Oc3cc(ccc3O)C2)C1. The predicted octanol–water partition coefficient (Wildman–Crippen LogP) is 6.60. The average molecular weight is 793 g/mol. The minimum Gasteiger partial charge on any atom is -0.504 e. The standard InChI is InChI=1S/C41H52N4O8S2/c1-25(46)51-31-18-35(29-16-34(48)39(49)38(17-29)50-12-9-26-6-4-10-43-22-26)53-36(19-31)30-13-27-7-8-33(47)37(15-27)52-32-14-28-5-2-3-11-44-40(42)45-41(20-28,21-32)24-55-54-23-30/h4,6-8,10,15-17,22,28,30-32,35-36,47-49H,2-3,5,9,11-14,18-21,23-24H2,1H3,(H3,42,44,45)/t28-,30+,31-,32+,35-,36+,41-/m0/s1. The van der Waals surface area contributed by atoms with Gasteiger partial charge in [-0.2, -0.15) is 0 Å². The summed E-state index contributed by atoms with van der Waals surface area (Å²) in [6, 6.07) is 12.6. The van der Waals surface area contributed by atoms with Crippen LogP contribution in [0.5, 0.6) is 28.7 Å². The lowest BCUT2D eigenvalue weighted by molar-refractivity contribution is -0.163. The van der Waals surface area contributed by atoms with Gasteiger partial charge in [-0.05, 0) is 84.5 Å². The molecule has 7 atom stereocenters. The second-order valence-electron chi connectivity index (χ2n) is 15.4. The summed E-state index contributed by atoms with van der Waals surface area (Å²) in [5.74, 6) is 2.13. The van der Waals surface area contributed by atoms with Crippen LogP contribution in [0.15, 0.2) is 59.9 Å². The Morgan fingerprint density at radius 3 is 2.80 bits per heavy atom. The molecule has 1 aliphatic carbocycles. The van der Waals surface area contributed by atoms with Crippen LogP contribution >= 0.6 is 21.6 Å². The van der Waals surface area contributed by atoms with Gasteiger partial charge >= 0.3 is 5.97 Å². The number of hydrogen-bond acceptors (Lipinski definition) is 14. The molecule has 4 heterocycles. The van der Waals surface area contributed by atoms with Gasteiger partial charge in [-0.25, -0.2) is 0 Å². The number of carbonyl (C=O) groups excluding carboxylic acids is 1. The van der Waals surface area contributed by atoms with Crippen LogP contribution in [0.1, 0.15) is 81.1 Å². The van der Waals surface area contributed by atoms with E-state index in [0.29, 0.717) is 55.4 Å². The van der Waals surface area contributed by atoms with E-state index < -0.39 is 12.2 Å². The minimum atomic E-state index is -0.555. The van der Waals surface area contributed by atoms with Crippen molar-refractivity contribution in [1.29, 1.82) is 0 Å². The summed E-state index contributed by atoms with van der Waals surface area (Å²) in [5.41, 5.74) is 8.74. The van der Waals surface area contributed by atoms with Gasteiger partial charge in [0.15, 0.2) is 29.0 Å². The van der Waals surface area contributed by atoms with E-state index in [1.54, 1.807) is 35.3 Å². The Morgan fingerprint density at radius 2 is 1.96 bits per heavy atom. The maximum atomic E-state index is 12.3. The lowest BCUT2D eigenvalue weighted by Gasteiger charge is -2.45. The third kappa shape index (κ3) is 10.2. The number of guanidine groups is 1. The van der Waals surface area contributed by atoms with Crippen LogP contribution in [0, 0.1) is 11.8 Å². The second kappa shape index (κ2) is 17.8. The number of nitrogens with zero attached hydrogens (tertiary/aromatic N) is 2. The molecule has 6 N–H and O–H groups in total. The molecule has 1 aromatic heterocycles. The van der Waals surface area contributed by atoms with Crippen LogP contribution in [-0.2, 0) is 27.1 Å². The fourth-order valence-electron chi connectivity index (χ4n) is 8.58. The number of fused-ring (bicyclic) bond motifs is 4. The van der Waals surface area contributed by atoms with Gasteiger partial charge < -0.3 is 45.3 Å². The Labute approximate surface area is 330 Å². The molecule has 0 amide bonds. The van der Waals surface area contributed by atoms with E-state index in [-0.39, 0.29) is 59.2 Å². The molecule has 2 fully saturated rings. The number of ether oxygens (including phenoxy) is 4. The van der Waals surface area contributed by atoms with Crippen molar-refractivity contribution in [3.05, 3.63) is 71.5 Å². The molecule has 0 unspecified atom stereocenters. The Balaban J connectivity index is 1.15. The van der Waals surface area contributed by atoms with Crippen molar-refractivity contribution in [2.45, 2.75) is 101 Å². The molecule has 14 heteroatoms. The van der Waals surface area contributed by atoms with E-state index in [0.717, 1.165) is 61.2 Å². The van der Waals surface area contributed by atoms with Gasteiger partial charge in [0.05, 0.1) is 24.4 Å². The number of aromatic hydroxyl groups is 3. The number of pyridine rings is 1. The third-order valence-electron chi connectivity index (χ3n) is 11.1. The first-order chi connectivity index (χ1) is 26.6. The van der Waals surface area contributed by atoms with Gasteiger partial charge in [0.25, 0.3) is 0 Å². The van der Waals surface area contributed by atoms with Crippen molar-refractivity contribution < 1.29 is 39.1 Å². The highest BCUT2D eigenvalue weighted by atomic mass is 33.1. The van der Waals surface area contributed by atoms with Crippen LogP contribution in [0.3, 0.4) is 0 Å². The Morgan fingerprint density at radius 1 is 1.07 bits per heavy atom. The number of nitrogens with one attached hydrogen (secondary N) is 1. The van der Waals surface area contributed by atoms with E-state index in [2.05, 4.69) is 15.3 Å². The summed E-state index contributed by atoms with van der Waals surface area (Å²) in [6.45, 7) is 2.39. The van der Waals surface area contributed by atoms with Crippen LogP contribution in [0.4, 0.5) is 0 Å². The molecule has 1 spiro atoms. The number of phenolic OH excluding ortho intramolecular Hbond substituents is 3. The molecular formula is C41H52N4O8S2. The first-order valence-electron chi connectivity index (χ1n) is 19.3. The molecule has 1 saturated heterocycles. The fourth-order valence-corrected chi connectivity index (χ4v) is 11.5. The van der Waals surface area contributed by atoms with Gasteiger partial charge in [-0.15, -0.1) is 0 Å². The largest absolute Gasteiger partial charge is 0.504 e.